The van der Waals surface area contributed by atoms with Crippen molar-refractivity contribution in [2.24, 2.45) is 0 Å². The SMILES string of the molecule is C#CCS(=O)c1c(O)cc(C)oc1=O. The average molecular weight is 212 g/mol. The molecule has 0 aromatic carbocycles. The van der Waals surface area contributed by atoms with Crippen LogP contribution in [0.4, 0.5) is 0 Å². The molecule has 0 radical (unpaired) electrons. The first-order valence-electron chi connectivity index (χ1n) is 3.72. The number of aryl methyl sites for hydroxylation is 1. The monoisotopic (exact) mass is 212 g/mol. The number of hydrogen-bond acceptors (Lipinski definition) is 4. The lowest BCUT2D eigenvalue weighted by Gasteiger charge is -2.00. The Kier molecular flexibility index (Phi) is 3.10. The Balaban J connectivity index is 3.30. The van der Waals surface area contributed by atoms with Gasteiger partial charge in [-0.05, 0) is 6.92 Å². The highest BCUT2D eigenvalue weighted by Crippen LogP contribution is 2.17. The van der Waals surface area contributed by atoms with Gasteiger partial charge >= 0.3 is 5.63 Å². The second-order valence-electron chi connectivity index (χ2n) is 2.55. The minimum Gasteiger partial charge on any atom is -0.506 e. The first-order valence-corrected chi connectivity index (χ1v) is 5.03. The minimum absolute atomic E-state index is 0.124. The third-order valence-corrected chi connectivity index (χ3v) is 2.71. The molecule has 0 saturated carbocycles. The Bertz CT molecular complexity index is 467. The Labute approximate surface area is 83.0 Å². The highest BCUT2D eigenvalue weighted by molar-refractivity contribution is 7.85. The number of aromatic hydroxyl groups is 1. The molecular weight excluding hydrogens is 204 g/mol. The summed E-state index contributed by atoms with van der Waals surface area (Å²) in [6.07, 6.45) is 4.94. The predicted octanol–water partition coefficient (Wildman–Crippen LogP) is 0.395. The van der Waals surface area contributed by atoms with Crippen molar-refractivity contribution >= 4 is 10.8 Å². The van der Waals surface area contributed by atoms with Gasteiger partial charge in [0, 0.05) is 6.07 Å². The van der Waals surface area contributed by atoms with E-state index in [1.165, 1.54) is 13.0 Å². The van der Waals surface area contributed by atoms with Crippen LogP contribution in [0.25, 0.3) is 0 Å². The first kappa shape index (κ1) is 10.5. The Morgan fingerprint density at radius 2 is 2.36 bits per heavy atom. The molecule has 4 nitrogen and oxygen atoms in total. The third-order valence-electron chi connectivity index (χ3n) is 1.45. The topological polar surface area (TPSA) is 67.5 Å². The molecule has 5 heteroatoms. The van der Waals surface area contributed by atoms with E-state index in [1.807, 2.05) is 0 Å². The van der Waals surface area contributed by atoms with E-state index in [0.29, 0.717) is 0 Å². The molecule has 1 unspecified atom stereocenters. The van der Waals surface area contributed by atoms with Gasteiger partial charge in [0.25, 0.3) is 0 Å². The minimum atomic E-state index is -1.71. The van der Waals surface area contributed by atoms with Crippen molar-refractivity contribution in [1.29, 1.82) is 0 Å². The summed E-state index contributed by atoms with van der Waals surface area (Å²) in [7, 11) is -1.71. The summed E-state index contributed by atoms with van der Waals surface area (Å²) in [5.41, 5.74) is -0.809. The van der Waals surface area contributed by atoms with Crippen LogP contribution in [-0.4, -0.2) is 15.1 Å². The van der Waals surface area contributed by atoms with Crippen LogP contribution in [0.1, 0.15) is 5.76 Å². The molecule has 1 atom stereocenters. The van der Waals surface area contributed by atoms with Crippen molar-refractivity contribution in [2.75, 3.05) is 5.75 Å². The smallest absolute Gasteiger partial charge is 0.356 e. The first-order chi connectivity index (χ1) is 6.56. The van der Waals surface area contributed by atoms with E-state index in [1.54, 1.807) is 0 Å². The summed E-state index contributed by atoms with van der Waals surface area (Å²) >= 11 is 0. The molecule has 0 fully saturated rings. The number of rotatable bonds is 2. The van der Waals surface area contributed by atoms with E-state index in [4.69, 9.17) is 6.42 Å². The van der Waals surface area contributed by atoms with Gasteiger partial charge in [-0.3, -0.25) is 4.21 Å². The van der Waals surface area contributed by atoms with Crippen LogP contribution in [0.15, 0.2) is 20.2 Å². The summed E-state index contributed by atoms with van der Waals surface area (Å²) in [5, 5.41) is 9.35. The van der Waals surface area contributed by atoms with Gasteiger partial charge in [0.1, 0.15) is 11.5 Å². The van der Waals surface area contributed by atoms with Crippen molar-refractivity contribution in [3.63, 3.8) is 0 Å². The highest BCUT2D eigenvalue weighted by Gasteiger charge is 2.15. The molecule has 1 rings (SSSR count). The lowest BCUT2D eigenvalue weighted by molar-refractivity contribution is 0.410. The molecule has 14 heavy (non-hydrogen) atoms. The summed E-state index contributed by atoms with van der Waals surface area (Å²) in [4.78, 5) is 10.9. The standard InChI is InChI=1S/C9H8O4S/c1-3-4-14(12)8-7(10)5-6(2)13-9(8)11/h1,5,10H,4H2,2H3. The van der Waals surface area contributed by atoms with E-state index < -0.39 is 16.4 Å². The molecule has 0 aliphatic heterocycles. The Hall–Kier alpha value is -1.54. The highest BCUT2D eigenvalue weighted by atomic mass is 32.2. The lowest BCUT2D eigenvalue weighted by atomic mass is 10.4. The summed E-state index contributed by atoms with van der Waals surface area (Å²) in [6, 6.07) is 1.23. The second kappa shape index (κ2) is 4.11. The van der Waals surface area contributed by atoms with Crippen LogP contribution in [-0.2, 0) is 10.8 Å². The molecule has 0 aliphatic carbocycles. The molecule has 1 N–H and O–H groups in total. The van der Waals surface area contributed by atoms with Crippen LogP contribution in [0.5, 0.6) is 5.75 Å². The number of hydrogen-bond donors (Lipinski definition) is 1. The summed E-state index contributed by atoms with van der Waals surface area (Å²) < 4.78 is 16.0. The van der Waals surface area contributed by atoms with Crippen molar-refractivity contribution in [2.45, 2.75) is 11.8 Å². The van der Waals surface area contributed by atoms with E-state index >= 15 is 0 Å². The van der Waals surface area contributed by atoms with Crippen LogP contribution in [0, 0.1) is 19.3 Å². The molecule has 1 aromatic heterocycles. The fraction of sp³-hybridized carbons (Fsp3) is 0.222. The fourth-order valence-corrected chi connectivity index (χ4v) is 1.76. The van der Waals surface area contributed by atoms with Crippen LogP contribution in [0.3, 0.4) is 0 Å². The van der Waals surface area contributed by atoms with Crippen LogP contribution in [0.2, 0.25) is 0 Å². The lowest BCUT2D eigenvalue weighted by Crippen LogP contribution is -2.11. The van der Waals surface area contributed by atoms with Crippen LogP contribution < -0.4 is 5.63 Å². The fourth-order valence-electron chi connectivity index (χ4n) is 0.942. The van der Waals surface area contributed by atoms with Gasteiger partial charge in [-0.1, -0.05) is 5.92 Å². The average Bonchev–Trinajstić information content (AvgIpc) is 2.01. The molecule has 0 aliphatic rings. The Morgan fingerprint density at radius 3 is 2.86 bits per heavy atom. The van der Waals surface area contributed by atoms with Gasteiger partial charge in [0.2, 0.25) is 0 Å². The molecule has 74 valence electrons. The van der Waals surface area contributed by atoms with Gasteiger partial charge in [-0.25, -0.2) is 4.79 Å². The zero-order valence-electron chi connectivity index (χ0n) is 7.44. The number of terminal acetylenes is 1. The van der Waals surface area contributed by atoms with E-state index in [9.17, 15) is 14.1 Å². The maximum atomic E-state index is 11.3. The molecule has 1 heterocycles. The summed E-state index contributed by atoms with van der Waals surface area (Å²) in [6.45, 7) is 1.51. The third kappa shape index (κ3) is 2.03. The molecule has 1 aromatic rings. The Morgan fingerprint density at radius 1 is 1.71 bits per heavy atom. The van der Waals surface area contributed by atoms with E-state index in [0.717, 1.165) is 0 Å². The van der Waals surface area contributed by atoms with E-state index in [2.05, 4.69) is 10.3 Å². The van der Waals surface area contributed by atoms with Crippen molar-refractivity contribution in [1.82, 2.24) is 0 Å². The largest absolute Gasteiger partial charge is 0.506 e. The van der Waals surface area contributed by atoms with Gasteiger partial charge in [0.05, 0.1) is 16.6 Å². The maximum absolute atomic E-state index is 11.3. The van der Waals surface area contributed by atoms with Gasteiger partial charge in [-0.2, -0.15) is 0 Å². The van der Waals surface area contributed by atoms with E-state index in [-0.39, 0.29) is 22.2 Å². The zero-order chi connectivity index (χ0) is 10.7. The van der Waals surface area contributed by atoms with Crippen molar-refractivity contribution in [3.05, 3.63) is 22.2 Å². The second-order valence-corrected chi connectivity index (χ2v) is 3.94. The van der Waals surface area contributed by atoms with Crippen molar-refractivity contribution < 1.29 is 13.7 Å². The molecule has 0 bridgehead atoms. The molecule has 0 spiro atoms. The maximum Gasteiger partial charge on any atom is 0.356 e. The zero-order valence-corrected chi connectivity index (χ0v) is 8.26. The molecular formula is C9H8O4S. The summed E-state index contributed by atoms with van der Waals surface area (Å²) in [5.74, 6) is 1.94. The molecule has 0 amide bonds. The van der Waals surface area contributed by atoms with Gasteiger partial charge in [-0.15, -0.1) is 6.42 Å². The normalized spacial score (nSPS) is 12.0. The van der Waals surface area contributed by atoms with Gasteiger partial charge < -0.3 is 9.52 Å². The van der Waals surface area contributed by atoms with Gasteiger partial charge in [0.15, 0.2) is 4.90 Å². The van der Waals surface area contributed by atoms with Crippen LogP contribution >= 0.6 is 0 Å². The molecule has 0 saturated heterocycles. The van der Waals surface area contributed by atoms with Crippen molar-refractivity contribution in [3.8, 4) is 18.1 Å². The quantitative estimate of drug-likeness (QED) is 0.720. The predicted molar refractivity (Wildman–Crippen MR) is 51.5 cm³/mol.